The number of imidazole rings is 1. The third-order valence-corrected chi connectivity index (χ3v) is 5.89. The topological polar surface area (TPSA) is 76.8 Å². The highest BCUT2D eigenvalue weighted by molar-refractivity contribution is 5.97. The zero-order valence-corrected chi connectivity index (χ0v) is 20.2. The molecule has 10 heteroatoms. The van der Waals surface area contributed by atoms with Crippen LogP contribution in [0.2, 0.25) is 0 Å². The number of hydrogen-bond donors (Lipinski definition) is 1. The molecule has 1 aliphatic heterocycles. The summed E-state index contributed by atoms with van der Waals surface area (Å²) in [5.41, 5.74) is 2.13. The van der Waals surface area contributed by atoms with Gasteiger partial charge in [0.05, 0.1) is 43.5 Å². The fraction of sp³-hybridized carbons (Fsp3) is 0.308. The standard InChI is InChI=1S/C26H26F3N3O4/c1-14-11-31(13-30-14)21-6-5-17(7-22(21)35-4)8-23-26(34)32(12-15(2)36-23)25(16(3)33)18-9-19(27)24(29)20(28)10-18/h5-11,13,15-16,25,33H,12H2,1-4H3/b23-8-/t15-,16-,25+/m1/s1. The van der Waals surface area contributed by atoms with Gasteiger partial charge in [-0.15, -0.1) is 0 Å². The van der Waals surface area contributed by atoms with Crippen LogP contribution in [0.1, 0.15) is 36.7 Å². The molecule has 3 atom stereocenters. The van der Waals surface area contributed by atoms with Crippen molar-refractivity contribution in [3.05, 3.63) is 82.9 Å². The second-order valence-corrected chi connectivity index (χ2v) is 8.73. The Morgan fingerprint density at radius 2 is 1.92 bits per heavy atom. The monoisotopic (exact) mass is 501 g/mol. The molecule has 0 saturated carbocycles. The van der Waals surface area contributed by atoms with E-state index in [-0.39, 0.29) is 17.9 Å². The van der Waals surface area contributed by atoms with Gasteiger partial charge >= 0.3 is 0 Å². The third kappa shape index (κ3) is 4.94. The van der Waals surface area contributed by atoms with Crippen molar-refractivity contribution in [3.8, 4) is 11.4 Å². The molecule has 190 valence electrons. The Kier molecular flexibility index (Phi) is 7.07. The predicted octanol–water partition coefficient (Wildman–Crippen LogP) is 4.32. The average Bonchev–Trinajstić information content (AvgIpc) is 3.26. The number of amides is 1. The zero-order chi connectivity index (χ0) is 26.1. The number of aromatic nitrogens is 2. The number of morpholine rings is 1. The maximum absolute atomic E-state index is 13.9. The summed E-state index contributed by atoms with van der Waals surface area (Å²) in [4.78, 5) is 18.9. The molecule has 0 spiro atoms. The summed E-state index contributed by atoms with van der Waals surface area (Å²) >= 11 is 0. The molecule has 1 saturated heterocycles. The first-order valence-electron chi connectivity index (χ1n) is 11.3. The number of aliphatic hydroxyl groups is 1. The maximum atomic E-state index is 13.9. The van der Waals surface area contributed by atoms with Gasteiger partial charge in [0.15, 0.2) is 23.2 Å². The van der Waals surface area contributed by atoms with Gasteiger partial charge in [0, 0.05) is 6.20 Å². The van der Waals surface area contributed by atoms with Crippen molar-refractivity contribution in [2.45, 2.75) is 39.0 Å². The van der Waals surface area contributed by atoms with E-state index in [2.05, 4.69) is 4.98 Å². The molecule has 1 aromatic heterocycles. The molecule has 7 nitrogen and oxygen atoms in total. The first kappa shape index (κ1) is 25.3. The van der Waals surface area contributed by atoms with Crippen LogP contribution in [0.25, 0.3) is 11.8 Å². The average molecular weight is 502 g/mol. The zero-order valence-electron chi connectivity index (χ0n) is 20.2. The Morgan fingerprint density at radius 3 is 2.50 bits per heavy atom. The lowest BCUT2D eigenvalue weighted by atomic mass is 9.98. The van der Waals surface area contributed by atoms with E-state index in [9.17, 15) is 23.1 Å². The van der Waals surface area contributed by atoms with Crippen LogP contribution in [-0.2, 0) is 9.53 Å². The number of aliphatic hydroxyl groups excluding tert-OH is 1. The van der Waals surface area contributed by atoms with Crippen molar-refractivity contribution < 1.29 is 32.5 Å². The van der Waals surface area contributed by atoms with E-state index in [1.165, 1.54) is 25.0 Å². The Morgan fingerprint density at radius 1 is 1.22 bits per heavy atom. The lowest BCUT2D eigenvalue weighted by Crippen LogP contribution is -2.48. The van der Waals surface area contributed by atoms with Crippen LogP contribution in [-0.4, -0.2) is 51.3 Å². The Balaban J connectivity index is 1.69. The summed E-state index contributed by atoms with van der Waals surface area (Å²) in [5, 5.41) is 10.4. The highest BCUT2D eigenvalue weighted by Crippen LogP contribution is 2.33. The van der Waals surface area contributed by atoms with E-state index in [0.29, 0.717) is 11.3 Å². The molecule has 2 heterocycles. The number of methoxy groups -OCH3 is 1. The fourth-order valence-corrected chi connectivity index (χ4v) is 4.31. The van der Waals surface area contributed by atoms with Gasteiger partial charge in [0.1, 0.15) is 11.9 Å². The Bertz CT molecular complexity index is 1300. The van der Waals surface area contributed by atoms with Crippen LogP contribution in [0.3, 0.4) is 0 Å². The summed E-state index contributed by atoms with van der Waals surface area (Å²) in [5.74, 6) is -4.49. The minimum absolute atomic E-state index is 0.0178. The number of halogens is 3. The molecule has 0 unspecified atom stereocenters. The van der Waals surface area contributed by atoms with E-state index in [1.54, 1.807) is 25.4 Å². The predicted molar refractivity (Wildman–Crippen MR) is 126 cm³/mol. The van der Waals surface area contributed by atoms with Gasteiger partial charge in [-0.2, -0.15) is 0 Å². The Labute approximate surface area is 206 Å². The van der Waals surface area contributed by atoms with Crippen LogP contribution in [0.15, 0.2) is 48.6 Å². The third-order valence-electron chi connectivity index (χ3n) is 5.89. The van der Waals surface area contributed by atoms with Crippen molar-refractivity contribution >= 4 is 12.0 Å². The molecule has 1 N–H and O–H groups in total. The summed E-state index contributed by atoms with van der Waals surface area (Å²) in [6.07, 6.45) is 3.35. The van der Waals surface area contributed by atoms with Gasteiger partial charge in [-0.3, -0.25) is 4.79 Å². The molecule has 1 fully saturated rings. The number of hydrogen-bond acceptors (Lipinski definition) is 5. The van der Waals surface area contributed by atoms with Crippen molar-refractivity contribution in [3.63, 3.8) is 0 Å². The second-order valence-electron chi connectivity index (χ2n) is 8.73. The largest absolute Gasteiger partial charge is 0.495 e. The number of ether oxygens (including phenoxy) is 2. The molecule has 2 aromatic carbocycles. The van der Waals surface area contributed by atoms with Gasteiger partial charge < -0.3 is 24.0 Å². The highest BCUT2D eigenvalue weighted by Gasteiger charge is 2.37. The number of carbonyl (C=O) groups excluding carboxylic acids is 1. The molecule has 4 rings (SSSR count). The highest BCUT2D eigenvalue weighted by atomic mass is 19.2. The van der Waals surface area contributed by atoms with Crippen LogP contribution in [0.4, 0.5) is 13.2 Å². The van der Waals surface area contributed by atoms with Gasteiger partial charge in [0.2, 0.25) is 0 Å². The molecule has 1 amide bonds. The molecule has 0 aliphatic carbocycles. The number of aryl methyl sites for hydroxylation is 1. The normalized spacial score (nSPS) is 18.8. The maximum Gasteiger partial charge on any atom is 0.289 e. The first-order chi connectivity index (χ1) is 17.1. The molecule has 0 bridgehead atoms. The fourth-order valence-electron chi connectivity index (χ4n) is 4.31. The SMILES string of the molecule is COc1cc(/C=C2\O[C@H](C)CN([C@H](c3cc(F)c(F)c(F)c3)[C@@H](C)O)C2=O)ccc1-n1cnc(C)c1. The van der Waals surface area contributed by atoms with Crippen LogP contribution >= 0.6 is 0 Å². The van der Waals surface area contributed by atoms with Gasteiger partial charge in [0.25, 0.3) is 5.91 Å². The summed E-state index contributed by atoms with van der Waals surface area (Å²) in [7, 11) is 1.53. The number of benzene rings is 2. The summed E-state index contributed by atoms with van der Waals surface area (Å²) in [6, 6.07) is 5.76. The van der Waals surface area contributed by atoms with Gasteiger partial charge in [-0.1, -0.05) is 6.07 Å². The minimum atomic E-state index is -1.62. The number of rotatable bonds is 6. The van der Waals surface area contributed by atoms with Crippen molar-refractivity contribution in [2.24, 2.45) is 0 Å². The quantitative estimate of drug-likeness (QED) is 0.402. The van der Waals surface area contributed by atoms with E-state index < -0.39 is 41.6 Å². The van der Waals surface area contributed by atoms with Crippen molar-refractivity contribution in [1.82, 2.24) is 14.5 Å². The smallest absolute Gasteiger partial charge is 0.289 e. The lowest BCUT2D eigenvalue weighted by molar-refractivity contribution is -0.145. The van der Waals surface area contributed by atoms with Crippen LogP contribution in [0, 0.1) is 24.4 Å². The van der Waals surface area contributed by atoms with Gasteiger partial charge in [-0.05, 0) is 62.2 Å². The van der Waals surface area contributed by atoms with Crippen molar-refractivity contribution in [2.75, 3.05) is 13.7 Å². The molecule has 36 heavy (non-hydrogen) atoms. The van der Waals surface area contributed by atoms with Gasteiger partial charge in [-0.25, -0.2) is 18.2 Å². The first-order valence-corrected chi connectivity index (χ1v) is 11.3. The summed E-state index contributed by atoms with van der Waals surface area (Å²) < 4.78 is 54.5. The molecule has 1 aliphatic rings. The molecular weight excluding hydrogens is 475 g/mol. The Hall–Kier alpha value is -3.79. The second kappa shape index (κ2) is 10.1. The van der Waals surface area contributed by atoms with Crippen molar-refractivity contribution in [1.29, 1.82) is 0 Å². The van der Waals surface area contributed by atoms with Crippen LogP contribution < -0.4 is 4.74 Å². The van der Waals surface area contributed by atoms with E-state index in [4.69, 9.17) is 9.47 Å². The van der Waals surface area contributed by atoms with E-state index in [1.807, 2.05) is 23.8 Å². The van der Waals surface area contributed by atoms with E-state index >= 15 is 0 Å². The molecule has 3 aromatic rings. The number of carbonyl (C=O) groups is 1. The molecular formula is C26H26F3N3O4. The van der Waals surface area contributed by atoms with Crippen LogP contribution in [0.5, 0.6) is 5.75 Å². The molecule has 0 radical (unpaired) electrons. The summed E-state index contributed by atoms with van der Waals surface area (Å²) in [6.45, 7) is 5.04. The lowest BCUT2D eigenvalue weighted by Gasteiger charge is -2.39. The minimum Gasteiger partial charge on any atom is -0.495 e. The number of nitrogens with zero attached hydrogens (tertiary/aromatic N) is 3. The van der Waals surface area contributed by atoms with E-state index in [0.717, 1.165) is 23.5 Å².